The van der Waals surface area contributed by atoms with Crippen molar-refractivity contribution in [1.29, 1.82) is 0 Å². The van der Waals surface area contributed by atoms with E-state index in [2.05, 4.69) is 15.3 Å². The van der Waals surface area contributed by atoms with E-state index in [0.717, 1.165) is 34.4 Å². The molecular formula is C21H20N4O2. The van der Waals surface area contributed by atoms with Crippen molar-refractivity contribution in [3.8, 4) is 11.5 Å². The van der Waals surface area contributed by atoms with E-state index in [1.807, 2.05) is 73.8 Å². The summed E-state index contributed by atoms with van der Waals surface area (Å²) in [6.45, 7) is 2.15. The molecule has 1 aromatic heterocycles. The van der Waals surface area contributed by atoms with Crippen LogP contribution >= 0.6 is 0 Å². The summed E-state index contributed by atoms with van der Waals surface area (Å²) in [6, 6.07) is 19.3. The number of amides is 1. The molecule has 3 aromatic rings. The Morgan fingerprint density at radius 1 is 1.11 bits per heavy atom. The maximum atomic E-state index is 12.1. The van der Waals surface area contributed by atoms with Gasteiger partial charge in [0.15, 0.2) is 0 Å². The number of fused-ring (bicyclic) bond motifs is 1. The molecule has 0 fully saturated rings. The first-order valence-corrected chi connectivity index (χ1v) is 8.87. The molecule has 6 heteroatoms. The number of aromatic amines is 1. The lowest BCUT2D eigenvalue weighted by atomic mass is 10.2. The summed E-state index contributed by atoms with van der Waals surface area (Å²) < 4.78 is 5.81. The number of hydrogen-bond donors (Lipinski definition) is 2. The fraction of sp³-hybridized carbons (Fsp3) is 0.143. The molecule has 1 amide bonds. The lowest BCUT2D eigenvalue weighted by Gasteiger charge is -2.25. The van der Waals surface area contributed by atoms with Gasteiger partial charge >= 0.3 is 0 Å². The van der Waals surface area contributed by atoms with Crippen LogP contribution in [0.4, 0.5) is 11.5 Å². The van der Waals surface area contributed by atoms with Crippen molar-refractivity contribution in [2.24, 2.45) is 4.99 Å². The fourth-order valence-electron chi connectivity index (χ4n) is 2.94. The van der Waals surface area contributed by atoms with Crippen LogP contribution in [0.15, 0.2) is 71.9 Å². The number of amidine groups is 1. The highest BCUT2D eigenvalue weighted by Gasteiger charge is 2.25. The molecule has 0 unspecified atom stereocenters. The van der Waals surface area contributed by atoms with E-state index in [4.69, 9.17) is 4.74 Å². The molecule has 2 heterocycles. The third kappa shape index (κ3) is 3.55. The van der Waals surface area contributed by atoms with Crippen LogP contribution < -0.4 is 15.0 Å². The average molecular weight is 360 g/mol. The van der Waals surface area contributed by atoms with E-state index in [-0.39, 0.29) is 5.91 Å². The van der Waals surface area contributed by atoms with E-state index in [0.29, 0.717) is 13.1 Å². The van der Waals surface area contributed by atoms with Crippen LogP contribution in [0.5, 0.6) is 11.5 Å². The van der Waals surface area contributed by atoms with Crippen molar-refractivity contribution in [1.82, 2.24) is 4.98 Å². The van der Waals surface area contributed by atoms with Gasteiger partial charge in [-0.25, -0.2) is 4.99 Å². The Kier molecular flexibility index (Phi) is 4.61. The van der Waals surface area contributed by atoms with Crippen LogP contribution in [0.25, 0.3) is 0 Å². The van der Waals surface area contributed by atoms with Gasteiger partial charge in [-0.3, -0.25) is 9.69 Å². The molecule has 2 aromatic carbocycles. The van der Waals surface area contributed by atoms with Crippen molar-refractivity contribution in [3.63, 3.8) is 0 Å². The first-order chi connectivity index (χ1) is 13.2. The van der Waals surface area contributed by atoms with Crippen molar-refractivity contribution < 1.29 is 9.53 Å². The van der Waals surface area contributed by atoms with Crippen molar-refractivity contribution in [2.45, 2.75) is 13.3 Å². The molecule has 6 nitrogen and oxygen atoms in total. The smallest absolute Gasteiger partial charge is 0.229 e. The zero-order valence-corrected chi connectivity index (χ0v) is 15.0. The molecule has 1 aliphatic rings. The van der Waals surface area contributed by atoms with Gasteiger partial charge in [-0.1, -0.05) is 25.1 Å². The van der Waals surface area contributed by atoms with Gasteiger partial charge in [0.25, 0.3) is 0 Å². The Labute approximate surface area is 157 Å². The second-order valence-electron chi connectivity index (χ2n) is 6.13. The van der Waals surface area contributed by atoms with Crippen LogP contribution in [-0.2, 0) is 4.79 Å². The topological polar surface area (TPSA) is 69.7 Å². The van der Waals surface area contributed by atoms with Gasteiger partial charge < -0.3 is 15.0 Å². The zero-order valence-electron chi connectivity index (χ0n) is 15.0. The van der Waals surface area contributed by atoms with Gasteiger partial charge in [-0.05, 0) is 42.5 Å². The van der Waals surface area contributed by atoms with Gasteiger partial charge in [-0.15, -0.1) is 0 Å². The van der Waals surface area contributed by atoms with E-state index >= 15 is 0 Å². The van der Waals surface area contributed by atoms with E-state index in [9.17, 15) is 4.79 Å². The van der Waals surface area contributed by atoms with Crippen molar-refractivity contribution >= 4 is 23.2 Å². The SMILES string of the molecule is CCC(=O)N1CN=C(Nc2ccc(Oc3ccccc3)cc2)c2cc[nH]c21. The number of H-pyrrole nitrogens is 1. The molecule has 0 aliphatic carbocycles. The molecule has 2 N–H and O–H groups in total. The first kappa shape index (κ1) is 16.9. The maximum Gasteiger partial charge on any atom is 0.229 e. The highest BCUT2D eigenvalue weighted by atomic mass is 16.5. The highest BCUT2D eigenvalue weighted by Crippen LogP contribution is 2.26. The van der Waals surface area contributed by atoms with Crippen LogP contribution in [0.2, 0.25) is 0 Å². The first-order valence-electron chi connectivity index (χ1n) is 8.87. The quantitative estimate of drug-likeness (QED) is 0.725. The molecule has 0 saturated heterocycles. The maximum absolute atomic E-state index is 12.1. The van der Waals surface area contributed by atoms with Gasteiger partial charge in [0.05, 0.1) is 5.56 Å². The summed E-state index contributed by atoms with van der Waals surface area (Å²) in [7, 11) is 0. The number of hydrogen-bond acceptors (Lipinski definition) is 4. The summed E-state index contributed by atoms with van der Waals surface area (Å²) in [6.07, 6.45) is 2.26. The highest BCUT2D eigenvalue weighted by molar-refractivity contribution is 6.14. The molecule has 0 saturated carbocycles. The summed E-state index contributed by atoms with van der Waals surface area (Å²) in [5.41, 5.74) is 1.78. The third-order valence-electron chi connectivity index (χ3n) is 4.32. The second kappa shape index (κ2) is 7.37. The molecule has 0 bridgehead atoms. The Morgan fingerprint density at radius 3 is 2.59 bits per heavy atom. The predicted molar refractivity (Wildman–Crippen MR) is 107 cm³/mol. The standard InChI is InChI=1S/C21H20N4O2/c1-2-19(26)25-14-23-20(18-12-13-22-21(18)25)24-15-8-10-17(11-9-15)27-16-6-4-3-5-7-16/h3-13,22H,2,14H2,1H3,(H,23,24). The molecule has 27 heavy (non-hydrogen) atoms. The average Bonchev–Trinajstić information content (AvgIpc) is 3.20. The molecule has 1 aliphatic heterocycles. The summed E-state index contributed by atoms with van der Waals surface area (Å²) in [4.78, 5) is 21.4. The number of benzene rings is 2. The second-order valence-corrected chi connectivity index (χ2v) is 6.13. The third-order valence-corrected chi connectivity index (χ3v) is 4.32. The van der Waals surface area contributed by atoms with Crippen LogP contribution in [0.3, 0.4) is 0 Å². The Bertz CT molecular complexity index is 961. The lowest BCUT2D eigenvalue weighted by Crippen LogP contribution is -2.36. The van der Waals surface area contributed by atoms with Crippen LogP contribution in [0.1, 0.15) is 18.9 Å². The minimum absolute atomic E-state index is 0.0453. The number of aliphatic imine (C=N–C) groups is 1. The number of carbonyl (C=O) groups excluding carboxylic acids is 1. The molecule has 4 rings (SSSR count). The number of aromatic nitrogens is 1. The minimum atomic E-state index is 0.0453. The number of nitrogens with one attached hydrogen (secondary N) is 2. The summed E-state index contributed by atoms with van der Waals surface area (Å²) >= 11 is 0. The Morgan fingerprint density at radius 2 is 1.85 bits per heavy atom. The Balaban J connectivity index is 1.48. The van der Waals surface area contributed by atoms with Crippen LogP contribution in [-0.4, -0.2) is 23.4 Å². The number of ether oxygens (including phenoxy) is 1. The van der Waals surface area contributed by atoms with E-state index in [1.165, 1.54) is 0 Å². The van der Waals surface area contributed by atoms with Gasteiger partial charge in [0.2, 0.25) is 5.91 Å². The largest absolute Gasteiger partial charge is 0.457 e. The summed E-state index contributed by atoms with van der Waals surface area (Å²) in [5.74, 6) is 3.13. The van der Waals surface area contributed by atoms with Gasteiger partial charge in [-0.2, -0.15) is 0 Å². The Hall–Kier alpha value is -3.54. The van der Waals surface area contributed by atoms with Crippen molar-refractivity contribution in [2.75, 3.05) is 16.9 Å². The van der Waals surface area contributed by atoms with E-state index < -0.39 is 0 Å². The molecule has 136 valence electrons. The lowest BCUT2D eigenvalue weighted by molar-refractivity contribution is -0.118. The number of nitrogens with zero attached hydrogens (tertiary/aromatic N) is 2. The minimum Gasteiger partial charge on any atom is -0.457 e. The number of anilines is 2. The molecule has 0 radical (unpaired) electrons. The normalized spacial score (nSPS) is 12.9. The van der Waals surface area contributed by atoms with Crippen LogP contribution in [0, 0.1) is 0 Å². The monoisotopic (exact) mass is 360 g/mol. The number of rotatable bonds is 4. The van der Waals surface area contributed by atoms with E-state index in [1.54, 1.807) is 4.90 Å². The van der Waals surface area contributed by atoms with Gasteiger partial charge in [0.1, 0.15) is 29.8 Å². The molecule has 0 spiro atoms. The zero-order chi connectivity index (χ0) is 18.6. The van der Waals surface area contributed by atoms with Crippen molar-refractivity contribution in [3.05, 3.63) is 72.4 Å². The number of para-hydroxylation sites is 1. The summed E-state index contributed by atoms with van der Waals surface area (Å²) in [5, 5.41) is 3.33. The molecular weight excluding hydrogens is 340 g/mol. The molecule has 0 atom stereocenters. The fourth-order valence-corrected chi connectivity index (χ4v) is 2.94. The number of carbonyl (C=O) groups is 1. The van der Waals surface area contributed by atoms with Gasteiger partial charge in [0, 0.05) is 18.3 Å². The predicted octanol–water partition coefficient (Wildman–Crippen LogP) is 4.38.